The highest BCUT2D eigenvalue weighted by Crippen LogP contribution is 2.22. The van der Waals surface area contributed by atoms with Crippen molar-refractivity contribution in [2.75, 3.05) is 18.6 Å². The molecule has 0 spiro atoms. The third-order valence-corrected chi connectivity index (χ3v) is 5.58. The molecule has 0 fully saturated rings. The maximum Gasteiger partial charge on any atom is 0.241 e. The van der Waals surface area contributed by atoms with Crippen LogP contribution in [0, 0.1) is 6.92 Å². The van der Waals surface area contributed by atoms with E-state index in [2.05, 4.69) is 20.7 Å². The zero-order chi connectivity index (χ0) is 13.8. The largest absolute Gasteiger partial charge is 0.260 e. The summed E-state index contributed by atoms with van der Waals surface area (Å²) in [4.78, 5) is 0.228. The maximum atomic E-state index is 12.0. The van der Waals surface area contributed by atoms with Crippen LogP contribution in [-0.2, 0) is 20.8 Å². The van der Waals surface area contributed by atoms with E-state index in [0.717, 1.165) is 5.56 Å². The topological polar surface area (TPSA) is 63.2 Å². The van der Waals surface area contributed by atoms with Gasteiger partial charge in [-0.1, -0.05) is 6.07 Å². The Morgan fingerprint density at radius 3 is 2.61 bits per heavy atom. The van der Waals surface area contributed by atoms with Crippen LogP contribution in [0.3, 0.4) is 0 Å². The molecular formula is C11H16BrNO3S2. The van der Waals surface area contributed by atoms with E-state index >= 15 is 0 Å². The summed E-state index contributed by atoms with van der Waals surface area (Å²) in [5.74, 6) is 0.498. The van der Waals surface area contributed by atoms with E-state index < -0.39 is 20.8 Å². The van der Waals surface area contributed by atoms with Crippen LogP contribution in [-0.4, -0.2) is 31.2 Å². The Morgan fingerprint density at radius 1 is 1.39 bits per heavy atom. The molecule has 0 bridgehead atoms. The molecule has 0 heterocycles. The van der Waals surface area contributed by atoms with Gasteiger partial charge in [0, 0.05) is 33.8 Å². The lowest BCUT2D eigenvalue weighted by Gasteiger charge is -2.08. The first-order valence-electron chi connectivity index (χ1n) is 5.39. The molecule has 0 radical (unpaired) electrons. The predicted molar refractivity (Wildman–Crippen MR) is 77.6 cm³/mol. The van der Waals surface area contributed by atoms with Crippen molar-refractivity contribution in [2.45, 2.75) is 18.2 Å². The van der Waals surface area contributed by atoms with E-state index in [4.69, 9.17) is 0 Å². The van der Waals surface area contributed by atoms with Gasteiger partial charge in [-0.3, -0.25) is 4.21 Å². The van der Waals surface area contributed by atoms with Crippen LogP contribution in [0.15, 0.2) is 27.6 Å². The molecule has 0 aromatic heterocycles. The number of aryl methyl sites for hydroxylation is 1. The molecule has 18 heavy (non-hydrogen) atoms. The summed E-state index contributed by atoms with van der Waals surface area (Å²) in [7, 11) is -4.39. The quantitative estimate of drug-likeness (QED) is 0.793. The minimum atomic E-state index is -3.50. The Labute approximate surface area is 119 Å². The van der Waals surface area contributed by atoms with E-state index in [9.17, 15) is 12.6 Å². The minimum absolute atomic E-state index is 0.228. The van der Waals surface area contributed by atoms with Gasteiger partial charge in [0.15, 0.2) is 0 Å². The van der Waals surface area contributed by atoms with E-state index in [1.807, 2.05) is 6.92 Å². The van der Waals surface area contributed by atoms with Crippen molar-refractivity contribution >= 4 is 36.8 Å². The van der Waals surface area contributed by atoms with Crippen molar-refractivity contribution in [1.29, 1.82) is 0 Å². The number of hydrogen-bond acceptors (Lipinski definition) is 3. The molecule has 1 unspecified atom stereocenters. The highest BCUT2D eigenvalue weighted by atomic mass is 79.9. The van der Waals surface area contributed by atoms with Gasteiger partial charge in [0.25, 0.3) is 0 Å². The highest BCUT2D eigenvalue weighted by Gasteiger charge is 2.16. The molecule has 0 aliphatic carbocycles. The van der Waals surface area contributed by atoms with E-state index in [-0.39, 0.29) is 4.90 Å². The van der Waals surface area contributed by atoms with Crippen molar-refractivity contribution in [1.82, 2.24) is 4.72 Å². The van der Waals surface area contributed by atoms with Crippen LogP contribution in [0.2, 0.25) is 0 Å². The molecule has 0 aliphatic rings. The Hall–Kier alpha value is -0.240. The highest BCUT2D eigenvalue weighted by molar-refractivity contribution is 9.10. The predicted octanol–water partition coefficient (Wildman–Crippen LogP) is 1.80. The fourth-order valence-corrected chi connectivity index (χ4v) is 4.20. The molecule has 1 aromatic rings. The van der Waals surface area contributed by atoms with Crippen LogP contribution in [0.1, 0.15) is 12.0 Å². The summed E-state index contributed by atoms with van der Waals surface area (Å²) in [5.41, 5.74) is 0.988. The fraction of sp³-hybridized carbons (Fsp3) is 0.455. The number of nitrogens with one attached hydrogen (secondary N) is 1. The molecule has 7 heteroatoms. The monoisotopic (exact) mass is 353 g/mol. The Balaban J connectivity index is 2.71. The first-order chi connectivity index (χ1) is 8.33. The smallest absolute Gasteiger partial charge is 0.241 e. The van der Waals surface area contributed by atoms with Crippen LogP contribution in [0.5, 0.6) is 0 Å². The van der Waals surface area contributed by atoms with Crippen LogP contribution < -0.4 is 4.72 Å². The third kappa shape index (κ3) is 4.79. The van der Waals surface area contributed by atoms with Gasteiger partial charge in [-0.15, -0.1) is 0 Å². The van der Waals surface area contributed by atoms with Gasteiger partial charge in [0.05, 0.1) is 4.90 Å². The molecule has 1 rings (SSSR count). The molecule has 102 valence electrons. The molecule has 0 saturated carbocycles. The van der Waals surface area contributed by atoms with Gasteiger partial charge in [-0.2, -0.15) is 0 Å². The molecule has 1 atom stereocenters. The lowest BCUT2D eigenvalue weighted by molar-refractivity contribution is 0.580. The van der Waals surface area contributed by atoms with Crippen LogP contribution >= 0.6 is 15.9 Å². The molecule has 0 aliphatic heterocycles. The maximum absolute atomic E-state index is 12.0. The first-order valence-corrected chi connectivity index (χ1v) is 9.39. The zero-order valence-electron chi connectivity index (χ0n) is 10.3. The second kappa shape index (κ2) is 6.79. The van der Waals surface area contributed by atoms with Gasteiger partial charge in [0.2, 0.25) is 10.0 Å². The Bertz CT molecular complexity index is 543. The second-order valence-electron chi connectivity index (χ2n) is 3.96. The summed E-state index contributed by atoms with van der Waals surface area (Å²) in [6, 6.07) is 5.08. The van der Waals surface area contributed by atoms with Crippen molar-refractivity contribution < 1.29 is 12.6 Å². The van der Waals surface area contributed by atoms with E-state index in [0.29, 0.717) is 23.2 Å². The average molecular weight is 354 g/mol. The summed E-state index contributed by atoms with van der Waals surface area (Å²) >= 11 is 3.25. The van der Waals surface area contributed by atoms with Gasteiger partial charge < -0.3 is 0 Å². The van der Waals surface area contributed by atoms with Gasteiger partial charge in [0.1, 0.15) is 0 Å². The Kier molecular flexibility index (Phi) is 5.97. The van der Waals surface area contributed by atoms with Crippen LogP contribution in [0.4, 0.5) is 0 Å². The van der Waals surface area contributed by atoms with Crippen molar-refractivity contribution in [3.8, 4) is 0 Å². The minimum Gasteiger partial charge on any atom is -0.260 e. The number of benzene rings is 1. The summed E-state index contributed by atoms with van der Waals surface area (Å²) in [6.07, 6.45) is 2.16. The number of sulfonamides is 1. The van der Waals surface area contributed by atoms with E-state index in [1.165, 1.54) is 0 Å². The molecule has 0 amide bonds. The van der Waals surface area contributed by atoms with Crippen molar-refractivity contribution in [3.05, 3.63) is 28.2 Å². The van der Waals surface area contributed by atoms with Crippen LogP contribution in [0.25, 0.3) is 0 Å². The van der Waals surface area contributed by atoms with Gasteiger partial charge in [-0.25, -0.2) is 13.1 Å². The van der Waals surface area contributed by atoms with Gasteiger partial charge in [-0.05, 0) is 47.0 Å². The summed E-state index contributed by atoms with van der Waals surface area (Å²) in [5, 5.41) is 0. The molecule has 0 saturated heterocycles. The standard InChI is InChI=1S/C11H16BrNO3S2/c1-9-4-5-11(10(12)8-9)18(15,16)13-6-3-7-17(2)14/h4-5,8,13H,3,6-7H2,1-2H3. The molecular weight excluding hydrogens is 338 g/mol. The normalized spacial score (nSPS) is 13.5. The first kappa shape index (κ1) is 15.8. The summed E-state index contributed by atoms with van der Waals surface area (Å²) in [6.45, 7) is 2.19. The summed E-state index contributed by atoms with van der Waals surface area (Å²) < 4.78 is 37.9. The third-order valence-electron chi connectivity index (χ3n) is 2.28. The Morgan fingerprint density at radius 2 is 2.06 bits per heavy atom. The number of rotatable bonds is 6. The van der Waals surface area contributed by atoms with Crippen molar-refractivity contribution in [3.63, 3.8) is 0 Å². The average Bonchev–Trinajstić information content (AvgIpc) is 2.23. The van der Waals surface area contributed by atoms with E-state index in [1.54, 1.807) is 24.5 Å². The zero-order valence-corrected chi connectivity index (χ0v) is 13.5. The number of hydrogen-bond donors (Lipinski definition) is 1. The second-order valence-corrected chi connectivity index (χ2v) is 8.11. The van der Waals surface area contributed by atoms with Crippen molar-refractivity contribution in [2.24, 2.45) is 0 Å². The molecule has 1 N–H and O–H groups in total. The lowest BCUT2D eigenvalue weighted by Crippen LogP contribution is -2.26. The SMILES string of the molecule is Cc1ccc(S(=O)(=O)NCCCS(C)=O)c(Br)c1. The number of halogens is 1. The molecule has 4 nitrogen and oxygen atoms in total. The fourth-order valence-electron chi connectivity index (χ4n) is 1.38. The molecule has 1 aromatic carbocycles. The van der Waals surface area contributed by atoms with Gasteiger partial charge >= 0.3 is 0 Å². The lowest BCUT2D eigenvalue weighted by atomic mass is 10.2.